The summed E-state index contributed by atoms with van der Waals surface area (Å²) in [4.78, 5) is 10.8. The number of Topliss-reactive ketones (excluding diaryl/α,β-unsaturated/α-hetero) is 1. The second kappa shape index (κ2) is 15.4. The normalized spacial score (nSPS) is 14.8. The first-order valence-electron chi connectivity index (χ1n) is 8.48. The molecule has 0 saturated carbocycles. The third-order valence-corrected chi connectivity index (χ3v) is 3.11. The number of rotatable bonds is 9. The second-order valence-electron chi connectivity index (χ2n) is 5.57. The van der Waals surface area contributed by atoms with E-state index in [4.69, 9.17) is 0 Å². The lowest BCUT2D eigenvalue weighted by Gasteiger charge is -2.00. The summed E-state index contributed by atoms with van der Waals surface area (Å²) in [5.74, 6) is 11.1. The van der Waals surface area contributed by atoms with E-state index < -0.39 is 18.3 Å². The smallest absolute Gasteiger partial charge is 0.129 e. The summed E-state index contributed by atoms with van der Waals surface area (Å²) in [5.41, 5.74) is 0. The Bertz CT molecular complexity index is 578. The summed E-state index contributed by atoms with van der Waals surface area (Å²) in [6, 6.07) is 0. The molecule has 0 saturated heterocycles. The summed E-state index contributed by atoms with van der Waals surface area (Å²) < 4.78 is 0. The predicted molar refractivity (Wildman–Crippen MR) is 100 cm³/mol. The van der Waals surface area contributed by atoms with Crippen molar-refractivity contribution in [3.63, 3.8) is 0 Å². The van der Waals surface area contributed by atoms with E-state index in [9.17, 15) is 20.1 Å². The molecule has 0 heterocycles. The average Bonchev–Trinajstić information content (AvgIpc) is 2.57. The lowest BCUT2D eigenvalue weighted by atomic mass is 10.1. The summed E-state index contributed by atoms with van der Waals surface area (Å²) in [7, 11) is 0. The lowest BCUT2D eigenvalue weighted by Crippen LogP contribution is -2.03. The fraction of sp³-hybridized carbons (Fsp3) is 0.476. The van der Waals surface area contributed by atoms with Crippen molar-refractivity contribution in [2.45, 2.75) is 64.3 Å². The Kier molecular flexibility index (Phi) is 14.1. The van der Waals surface area contributed by atoms with Crippen LogP contribution in [0.5, 0.6) is 0 Å². The third-order valence-electron chi connectivity index (χ3n) is 3.11. The molecule has 4 heteroatoms. The largest absolute Gasteiger partial charge is 0.389 e. The number of ketones is 1. The first-order valence-corrected chi connectivity index (χ1v) is 8.48. The Balaban J connectivity index is 4.04. The Morgan fingerprint density at radius 2 is 1.80 bits per heavy atom. The number of hydrogen-bond acceptors (Lipinski definition) is 4. The zero-order valence-electron chi connectivity index (χ0n) is 15.0. The number of aliphatic hydroxyl groups is 3. The van der Waals surface area contributed by atoms with E-state index in [2.05, 4.69) is 23.7 Å². The maximum absolute atomic E-state index is 10.8. The molecule has 136 valence electrons. The van der Waals surface area contributed by atoms with Crippen LogP contribution in [-0.2, 0) is 4.79 Å². The van der Waals surface area contributed by atoms with Crippen molar-refractivity contribution < 1.29 is 20.1 Å². The zero-order chi connectivity index (χ0) is 18.9. The molecule has 0 amide bonds. The Hall–Kier alpha value is -2.11. The monoisotopic (exact) mass is 344 g/mol. The van der Waals surface area contributed by atoms with Gasteiger partial charge in [-0.2, -0.15) is 0 Å². The minimum Gasteiger partial charge on any atom is -0.389 e. The van der Waals surface area contributed by atoms with Crippen molar-refractivity contribution in [2.24, 2.45) is 0 Å². The van der Waals surface area contributed by atoms with Crippen LogP contribution in [0.4, 0.5) is 0 Å². The van der Waals surface area contributed by atoms with Crippen molar-refractivity contribution in [3.8, 4) is 23.7 Å². The van der Waals surface area contributed by atoms with Gasteiger partial charge in [0.2, 0.25) is 0 Å². The molecule has 3 atom stereocenters. The van der Waals surface area contributed by atoms with Gasteiger partial charge in [0.05, 0.1) is 12.2 Å². The summed E-state index contributed by atoms with van der Waals surface area (Å²) in [6.45, 7) is 3.41. The number of allylic oxidation sites excluding steroid dienone is 4. The minimum atomic E-state index is -0.729. The van der Waals surface area contributed by atoms with Crippen LogP contribution >= 0.6 is 0 Å². The molecule has 0 aromatic carbocycles. The quantitative estimate of drug-likeness (QED) is 0.443. The molecule has 0 bridgehead atoms. The molecular formula is C21H28O4. The maximum Gasteiger partial charge on any atom is 0.129 e. The first kappa shape index (κ1) is 22.9. The molecule has 0 aromatic heterocycles. The van der Waals surface area contributed by atoms with Crippen molar-refractivity contribution in [3.05, 3.63) is 36.5 Å². The molecule has 0 aliphatic rings. The van der Waals surface area contributed by atoms with Gasteiger partial charge in [0.15, 0.2) is 0 Å². The number of hydrogen-bond donors (Lipinski definition) is 3. The van der Waals surface area contributed by atoms with Gasteiger partial charge >= 0.3 is 0 Å². The van der Waals surface area contributed by atoms with E-state index in [1.54, 1.807) is 36.5 Å². The molecule has 0 fully saturated rings. The lowest BCUT2D eigenvalue weighted by molar-refractivity contribution is -0.117. The zero-order valence-corrected chi connectivity index (χ0v) is 15.0. The first-order chi connectivity index (χ1) is 12.0. The van der Waals surface area contributed by atoms with Crippen molar-refractivity contribution in [1.82, 2.24) is 0 Å². The highest BCUT2D eigenvalue weighted by Crippen LogP contribution is 2.00. The van der Waals surface area contributed by atoms with Crippen LogP contribution in [0.15, 0.2) is 36.5 Å². The van der Waals surface area contributed by atoms with Crippen molar-refractivity contribution >= 4 is 5.78 Å². The van der Waals surface area contributed by atoms with E-state index >= 15 is 0 Å². The van der Waals surface area contributed by atoms with Crippen LogP contribution in [0.1, 0.15) is 46.0 Å². The molecular weight excluding hydrogens is 316 g/mol. The van der Waals surface area contributed by atoms with Crippen LogP contribution in [0, 0.1) is 23.7 Å². The Labute approximate surface area is 151 Å². The van der Waals surface area contributed by atoms with Crippen LogP contribution in [-0.4, -0.2) is 39.4 Å². The van der Waals surface area contributed by atoms with Gasteiger partial charge in [-0.3, -0.25) is 0 Å². The highest BCUT2D eigenvalue weighted by Gasteiger charge is 1.99. The van der Waals surface area contributed by atoms with E-state index in [1.165, 1.54) is 6.92 Å². The predicted octanol–water partition coefficient (Wildman–Crippen LogP) is 2.30. The van der Waals surface area contributed by atoms with Gasteiger partial charge < -0.3 is 20.1 Å². The molecule has 0 aromatic rings. The number of carbonyl (C=O) groups is 1. The SMILES string of the molecule is CC[C@H](O)/C=C/C#CC[C@@H](O)/C=C/C=C/C#C[C@@H](O)CCCC(C)=O. The van der Waals surface area contributed by atoms with E-state index in [0.717, 1.165) is 0 Å². The Morgan fingerprint density at radius 3 is 2.48 bits per heavy atom. The van der Waals surface area contributed by atoms with Gasteiger partial charge in [0.1, 0.15) is 11.9 Å². The van der Waals surface area contributed by atoms with Crippen molar-refractivity contribution in [2.75, 3.05) is 0 Å². The van der Waals surface area contributed by atoms with E-state index in [-0.39, 0.29) is 5.78 Å². The van der Waals surface area contributed by atoms with Crippen LogP contribution in [0.25, 0.3) is 0 Å². The van der Waals surface area contributed by atoms with E-state index in [0.29, 0.717) is 32.1 Å². The van der Waals surface area contributed by atoms with E-state index in [1.807, 2.05) is 6.92 Å². The van der Waals surface area contributed by atoms with Gasteiger partial charge in [-0.1, -0.05) is 48.8 Å². The number of aliphatic hydroxyl groups excluding tert-OH is 3. The molecule has 0 unspecified atom stereocenters. The molecule has 25 heavy (non-hydrogen) atoms. The molecule has 4 nitrogen and oxygen atoms in total. The standard InChI is InChI=1S/C21H28O4/c1-3-19(23)13-9-6-10-16-20(24)14-7-4-5-8-15-21(25)17-11-12-18(2)22/h4-5,7,9,13-14,19-21,23-25H,3,11-12,16-17H2,1-2H3/b5-4+,13-9+,14-7+/t19-,20-,21+/m0/s1. The van der Waals surface area contributed by atoms with Gasteiger partial charge in [0, 0.05) is 12.8 Å². The average molecular weight is 344 g/mol. The molecule has 0 radical (unpaired) electrons. The fourth-order valence-electron chi connectivity index (χ4n) is 1.64. The molecule has 0 spiro atoms. The van der Waals surface area contributed by atoms with Gasteiger partial charge in [-0.15, -0.1) is 0 Å². The fourth-order valence-corrected chi connectivity index (χ4v) is 1.64. The van der Waals surface area contributed by atoms with Gasteiger partial charge in [-0.05, 0) is 44.4 Å². The van der Waals surface area contributed by atoms with Gasteiger partial charge in [-0.25, -0.2) is 0 Å². The highest BCUT2D eigenvalue weighted by molar-refractivity contribution is 5.75. The molecule has 3 N–H and O–H groups in total. The number of carbonyl (C=O) groups excluding carboxylic acids is 1. The van der Waals surface area contributed by atoms with Crippen LogP contribution < -0.4 is 0 Å². The summed E-state index contributed by atoms with van der Waals surface area (Å²) >= 11 is 0. The van der Waals surface area contributed by atoms with Gasteiger partial charge in [0.25, 0.3) is 0 Å². The molecule has 0 aliphatic carbocycles. The van der Waals surface area contributed by atoms with Crippen LogP contribution in [0.3, 0.4) is 0 Å². The summed E-state index contributed by atoms with van der Waals surface area (Å²) in [5, 5.41) is 28.6. The second-order valence-corrected chi connectivity index (χ2v) is 5.57. The molecule has 0 rings (SSSR count). The topological polar surface area (TPSA) is 77.8 Å². The maximum atomic E-state index is 10.8. The molecule has 0 aliphatic heterocycles. The van der Waals surface area contributed by atoms with Crippen LogP contribution in [0.2, 0.25) is 0 Å². The minimum absolute atomic E-state index is 0.114. The van der Waals surface area contributed by atoms with Crippen molar-refractivity contribution in [1.29, 1.82) is 0 Å². The summed E-state index contributed by atoms with van der Waals surface area (Å²) in [6.07, 6.45) is 10.4. The Morgan fingerprint density at radius 1 is 1.04 bits per heavy atom. The third kappa shape index (κ3) is 16.5. The highest BCUT2D eigenvalue weighted by atomic mass is 16.3.